The quantitative estimate of drug-likeness (QED) is 0.516. The van der Waals surface area contributed by atoms with Crippen LogP contribution in [-0.2, 0) is 4.79 Å². The molecule has 1 aromatic carbocycles. The molecule has 0 fully saturated rings. The molecule has 0 spiro atoms. The van der Waals surface area contributed by atoms with Gasteiger partial charge in [0.15, 0.2) is 5.16 Å². The van der Waals surface area contributed by atoms with Gasteiger partial charge in [-0.15, -0.1) is 0 Å². The van der Waals surface area contributed by atoms with E-state index in [0.29, 0.717) is 11.2 Å². The molecule has 0 bridgehead atoms. The fraction of sp³-hybridized carbons (Fsp3) is 0.353. The topological polar surface area (TPSA) is 104 Å². The summed E-state index contributed by atoms with van der Waals surface area (Å²) in [5, 5.41) is 3.15. The van der Waals surface area contributed by atoms with Crippen LogP contribution in [0.5, 0.6) is 0 Å². The maximum absolute atomic E-state index is 12.0. The summed E-state index contributed by atoms with van der Waals surface area (Å²) in [6.45, 7) is 7.32. The number of benzene rings is 1. The number of aromatic nitrogens is 2. The number of amides is 1. The van der Waals surface area contributed by atoms with E-state index >= 15 is 0 Å². The summed E-state index contributed by atoms with van der Waals surface area (Å²) < 4.78 is 0. The Morgan fingerprint density at radius 2 is 2.04 bits per heavy atom. The van der Waals surface area contributed by atoms with Gasteiger partial charge in [-0.2, -0.15) is 0 Å². The van der Waals surface area contributed by atoms with Gasteiger partial charge in [0.2, 0.25) is 5.91 Å². The molecule has 0 aliphatic heterocycles. The van der Waals surface area contributed by atoms with E-state index in [1.54, 1.807) is 0 Å². The molecular weight excluding hydrogens is 338 g/mol. The summed E-state index contributed by atoms with van der Waals surface area (Å²) in [7, 11) is 0. The number of thioether (sulfide) groups is 1. The van der Waals surface area contributed by atoms with Crippen molar-refractivity contribution in [3.63, 3.8) is 0 Å². The zero-order valence-electron chi connectivity index (χ0n) is 14.6. The Bertz CT molecular complexity index is 773. The van der Waals surface area contributed by atoms with Gasteiger partial charge >= 0.3 is 0 Å². The second-order valence-electron chi connectivity index (χ2n) is 5.74. The van der Waals surface area contributed by atoms with Crippen molar-refractivity contribution in [2.45, 2.75) is 32.0 Å². The molecule has 0 saturated heterocycles. The van der Waals surface area contributed by atoms with Crippen molar-refractivity contribution in [3.8, 4) is 0 Å². The SMILES string of the molecule is CCN(c1ccc(NC(=O)CSc2nc(N)cc(=O)[nH]2)cc1)C(C)C. The molecule has 4 N–H and O–H groups in total. The number of hydrogen-bond donors (Lipinski definition) is 3. The molecule has 1 amide bonds. The predicted octanol–water partition coefficient (Wildman–Crippen LogP) is 2.32. The van der Waals surface area contributed by atoms with Gasteiger partial charge in [-0.3, -0.25) is 9.59 Å². The minimum Gasteiger partial charge on any atom is -0.383 e. The van der Waals surface area contributed by atoms with Crippen LogP contribution in [0.1, 0.15) is 20.8 Å². The molecule has 0 aliphatic carbocycles. The van der Waals surface area contributed by atoms with E-state index in [4.69, 9.17) is 5.73 Å². The third-order valence-corrected chi connectivity index (χ3v) is 4.40. The summed E-state index contributed by atoms with van der Waals surface area (Å²) in [4.78, 5) is 32.1. The Labute approximate surface area is 151 Å². The van der Waals surface area contributed by atoms with Crippen LogP contribution in [0.15, 0.2) is 40.3 Å². The summed E-state index contributed by atoms with van der Waals surface area (Å²) in [6, 6.07) is 9.34. The van der Waals surface area contributed by atoms with Gasteiger partial charge in [0.1, 0.15) is 5.82 Å². The van der Waals surface area contributed by atoms with E-state index < -0.39 is 0 Å². The lowest BCUT2D eigenvalue weighted by atomic mass is 10.2. The molecule has 2 aromatic rings. The number of aromatic amines is 1. The lowest BCUT2D eigenvalue weighted by Gasteiger charge is -2.27. The maximum atomic E-state index is 12.0. The number of nitrogens with two attached hydrogens (primary N) is 1. The Hall–Kier alpha value is -2.48. The van der Waals surface area contributed by atoms with Crippen molar-refractivity contribution in [1.82, 2.24) is 9.97 Å². The number of nitrogens with zero attached hydrogens (tertiary/aromatic N) is 2. The normalized spacial score (nSPS) is 10.7. The van der Waals surface area contributed by atoms with Crippen LogP contribution in [0, 0.1) is 0 Å². The number of rotatable bonds is 7. The highest BCUT2D eigenvalue weighted by molar-refractivity contribution is 7.99. The van der Waals surface area contributed by atoms with Gasteiger partial charge in [-0.25, -0.2) is 4.98 Å². The summed E-state index contributed by atoms with van der Waals surface area (Å²) in [5.74, 6) is 0.0771. The van der Waals surface area contributed by atoms with Crippen LogP contribution in [-0.4, -0.2) is 34.2 Å². The van der Waals surface area contributed by atoms with E-state index in [1.807, 2.05) is 24.3 Å². The highest BCUT2D eigenvalue weighted by Crippen LogP contribution is 2.20. The van der Waals surface area contributed by atoms with Crippen molar-refractivity contribution in [3.05, 3.63) is 40.7 Å². The molecule has 1 aromatic heterocycles. The summed E-state index contributed by atoms with van der Waals surface area (Å²) in [6.07, 6.45) is 0. The van der Waals surface area contributed by atoms with Gasteiger partial charge in [-0.1, -0.05) is 11.8 Å². The van der Waals surface area contributed by atoms with Crippen LogP contribution in [0.25, 0.3) is 0 Å². The standard InChI is InChI=1S/C17H23N5O2S/c1-4-22(11(2)3)13-7-5-12(6-8-13)19-16(24)10-25-17-20-14(18)9-15(23)21-17/h5-9,11H,4,10H2,1-3H3,(H,19,24)(H3,18,20,21,23). The van der Waals surface area contributed by atoms with E-state index in [1.165, 1.54) is 6.07 Å². The van der Waals surface area contributed by atoms with Crippen LogP contribution in [0.3, 0.4) is 0 Å². The second-order valence-corrected chi connectivity index (χ2v) is 6.70. The molecule has 7 nitrogen and oxygen atoms in total. The fourth-order valence-corrected chi connectivity index (χ4v) is 3.12. The summed E-state index contributed by atoms with van der Waals surface area (Å²) >= 11 is 1.12. The Kier molecular flexibility index (Phi) is 6.46. The number of anilines is 3. The first-order chi connectivity index (χ1) is 11.9. The molecule has 1 heterocycles. The Morgan fingerprint density at radius 1 is 1.36 bits per heavy atom. The lowest BCUT2D eigenvalue weighted by Crippen LogP contribution is -2.30. The monoisotopic (exact) mass is 361 g/mol. The van der Waals surface area contributed by atoms with Gasteiger partial charge in [0.05, 0.1) is 5.75 Å². The molecule has 0 unspecified atom stereocenters. The minimum absolute atomic E-state index is 0.126. The summed E-state index contributed by atoms with van der Waals surface area (Å²) in [5.41, 5.74) is 7.02. The molecule has 0 saturated carbocycles. The van der Waals surface area contributed by atoms with Crippen molar-refractivity contribution in [1.29, 1.82) is 0 Å². The number of nitrogen functional groups attached to an aromatic ring is 1. The minimum atomic E-state index is -0.336. The van der Waals surface area contributed by atoms with Crippen molar-refractivity contribution < 1.29 is 4.79 Å². The molecule has 0 aliphatic rings. The second kappa shape index (κ2) is 8.57. The number of carbonyl (C=O) groups is 1. The molecule has 8 heteroatoms. The predicted molar refractivity (Wildman–Crippen MR) is 103 cm³/mol. The van der Waals surface area contributed by atoms with Gasteiger partial charge in [-0.05, 0) is 45.0 Å². The largest absolute Gasteiger partial charge is 0.383 e. The fourth-order valence-electron chi connectivity index (χ4n) is 2.43. The Morgan fingerprint density at radius 3 is 2.60 bits per heavy atom. The smallest absolute Gasteiger partial charge is 0.253 e. The van der Waals surface area contributed by atoms with Crippen LogP contribution < -0.4 is 21.5 Å². The molecule has 0 radical (unpaired) electrons. The average molecular weight is 361 g/mol. The number of carbonyl (C=O) groups excluding carboxylic acids is 1. The van der Waals surface area contributed by atoms with Gasteiger partial charge < -0.3 is 20.9 Å². The molecule has 0 atom stereocenters. The van der Waals surface area contributed by atoms with Gasteiger partial charge in [0, 0.05) is 30.0 Å². The Balaban J connectivity index is 1.93. The average Bonchev–Trinajstić information content (AvgIpc) is 2.54. The molecule has 2 rings (SSSR count). The number of H-pyrrole nitrogens is 1. The van der Waals surface area contributed by atoms with Crippen LogP contribution in [0.4, 0.5) is 17.2 Å². The molecular formula is C17H23N5O2S. The third-order valence-electron chi connectivity index (χ3n) is 3.53. The first kappa shape index (κ1) is 18.9. The van der Waals surface area contributed by atoms with Crippen LogP contribution in [0.2, 0.25) is 0 Å². The van der Waals surface area contributed by atoms with E-state index in [2.05, 4.69) is 41.0 Å². The zero-order chi connectivity index (χ0) is 18.4. The molecule has 25 heavy (non-hydrogen) atoms. The highest BCUT2D eigenvalue weighted by Gasteiger charge is 2.09. The first-order valence-electron chi connectivity index (χ1n) is 8.05. The van der Waals surface area contributed by atoms with Crippen molar-refractivity contribution >= 4 is 34.9 Å². The van der Waals surface area contributed by atoms with E-state index in [0.717, 1.165) is 29.7 Å². The van der Waals surface area contributed by atoms with Crippen LogP contribution >= 0.6 is 11.8 Å². The zero-order valence-corrected chi connectivity index (χ0v) is 15.4. The van der Waals surface area contributed by atoms with E-state index in [9.17, 15) is 9.59 Å². The highest BCUT2D eigenvalue weighted by atomic mass is 32.2. The maximum Gasteiger partial charge on any atom is 0.253 e. The lowest BCUT2D eigenvalue weighted by molar-refractivity contribution is -0.113. The third kappa shape index (κ3) is 5.53. The van der Waals surface area contributed by atoms with Gasteiger partial charge in [0.25, 0.3) is 5.56 Å². The number of hydrogen-bond acceptors (Lipinski definition) is 6. The van der Waals surface area contributed by atoms with E-state index in [-0.39, 0.29) is 23.0 Å². The molecule has 134 valence electrons. The van der Waals surface area contributed by atoms with Crippen molar-refractivity contribution in [2.24, 2.45) is 0 Å². The van der Waals surface area contributed by atoms with Crippen molar-refractivity contribution in [2.75, 3.05) is 28.2 Å². The first-order valence-corrected chi connectivity index (χ1v) is 9.03. The number of nitrogens with one attached hydrogen (secondary N) is 2.